The highest BCUT2D eigenvalue weighted by Gasteiger charge is 2.17. The zero-order valence-corrected chi connectivity index (χ0v) is 16.1. The minimum absolute atomic E-state index is 0.0185. The lowest BCUT2D eigenvalue weighted by atomic mass is 10.0. The van der Waals surface area contributed by atoms with Crippen molar-refractivity contribution >= 4 is 17.5 Å². The number of hydrogen-bond donors (Lipinski definition) is 1. The molecule has 0 bridgehead atoms. The van der Waals surface area contributed by atoms with Crippen LogP contribution in [0.5, 0.6) is 0 Å². The third-order valence-corrected chi connectivity index (χ3v) is 4.53. The summed E-state index contributed by atoms with van der Waals surface area (Å²) in [6, 6.07) is 13.7. The summed E-state index contributed by atoms with van der Waals surface area (Å²) in [7, 11) is 0. The van der Waals surface area contributed by atoms with Crippen LogP contribution >= 0.6 is 0 Å². The van der Waals surface area contributed by atoms with Gasteiger partial charge in [-0.1, -0.05) is 43.3 Å². The van der Waals surface area contributed by atoms with E-state index in [1.807, 2.05) is 63.2 Å². The van der Waals surface area contributed by atoms with Gasteiger partial charge in [0, 0.05) is 12.2 Å². The van der Waals surface area contributed by atoms with Crippen molar-refractivity contribution in [2.45, 2.75) is 40.5 Å². The Morgan fingerprint density at radius 3 is 2.35 bits per heavy atom. The van der Waals surface area contributed by atoms with Gasteiger partial charge in [-0.2, -0.15) is 0 Å². The molecule has 4 nitrogen and oxygen atoms in total. The van der Waals surface area contributed by atoms with E-state index in [2.05, 4.69) is 12.2 Å². The van der Waals surface area contributed by atoms with Gasteiger partial charge in [0.15, 0.2) is 0 Å². The molecule has 0 aliphatic carbocycles. The number of carbonyl (C=O) groups excluding carboxylic acids is 2. The first-order valence-corrected chi connectivity index (χ1v) is 9.10. The fourth-order valence-corrected chi connectivity index (χ4v) is 2.84. The molecular weight excluding hydrogens is 324 g/mol. The van der Waals surface area contributed by atoms with Gasteiger partial charge in [0.05, 0.1) is 13.0 Å². The van der Waals surface area contributed by atoms with Crippen LogP contribution in [0.25, 0.3) is 0 Å². The van der Waals surface area contributed by atoms with E-state index < -0.39 is 0 Å². The van der Waals surface area contributed by atoms with E-state index in [1.165, 1.54) is 11.1 Å². The van der Waals surface area contributed by atoms with E-state index in [-0.39, 0.29) is 18.4 Å². The molecule has 0 saturated heterocycles. The van der Waals surface area contributed by atoms with Crippen LogP contribution in [0, 0.1) is 20.8 Å². The Morgan fingerprint density at radius 1 is 0.962 bits per heavy atom. The number of benzene rings is 2. The molecule has 2 rings (SSSR count). The Bertz CT molecular complexity index is 783. The lowest BCUT2D eigenvalue weighted by Gasteiger charge is -2.22. The first kappa shape index (κ1) is 19.7. The predicted molar refractivity (Wildman–Crippen MR) is 106 cm³/mol. The quantitative estimate of drug-likeness (QED) is 0.818. The molecule has 0 aliphatic rings. The summed E-state index contributed by atoms with van der Waals surface area (Å²) >= 11 is 0. The average molecular weight is 352 g/mol. The molecule has 0 fully saturated rings. The lowest BCUT2D eigenvalue weighted by Crippen LogP contribution is -2.39. The first-order valence-electron chi connectivity index (χ1n) is 9.10. The van der Waals surface area contributed by atoms with Crippen LogP contribution in [0.3, 0.4) is 0 Å². The molecule has 0 radical (unpaired) electrons. The fourth-order valence-electron chi connectivity index (χ4n) is 2.84. The maximum atomic E-state index is 12.7. The van der Waals surface area contributed by atoms with E-state index in [0.29, 0.717) is 13.0 Å². The number of carbonyl (C=O) groups is 2. The molecule has 26 heavy (non-hydrogen) atoms. The second kappa shape index (κ2) is 9.18. The molecule has 2 aromatic carbocycles. The van der Waals surface area contributed by atoms with Crippen molar-refractivity contribution in [1.29, 1.82) is 0 Å². The number of anilines is 1. The maximum Gasteiger partial charge on any atom is 0.244 e. The van der Waals surface area contributed by atoms with Crippen LogP contribution in [0.2, 0.25) is 0 Å². The average Bonchev–Trinajstić information content (AvgIpc) is 2.60. The van der Waals surface area contributed by atoms with E-state index >= 15 is 0 Å². The van der Waals surface area contributed by atoms with Crippen molar-refractivity contribution < 1.29 is 9.59 Å². The molecule has 2 amide bonds. The molecule has 0 heterocycles. The van der Waals surface area contributed by atoms with Crippen molar-refractivity contribution in [2.24, 2.45) is 0 Å². The van der Waals surface area contributed by atoms with Gasteiger partial charge >= 0.3 is 0 Å². The maximum absolute atomic E-state index is 12.7. The monoisotopic (exact) mass is 352 g/mol. The summed E-state index contributed by atoms with van der Waals surface area (Å²) in [6.07, 6.45) is 1.13. The Morgan fingerprint density at radius 2 is 1.69 bits per heavy atom. The number of nitrogens with one attached hydrogen (secondary N) is 1. The van der Waals surface area contributed by atoms with Gasteiger partial charge in [-0.05, 0) is 55.5 Å². The van der Waals surface area contributed by atoms with Gasteiger partial charge < -0.3 is 10.2 Å². The zero-order valence-electron chi connectivity index (χ0n) is 16.1. The lowest BCUT2D eigenvalue weighted by molar-refractivity contribution is -0.134. The second-order valence-corrected chi connectivity index (χ2v) is 6.77. The number of amides is 2. The molecule has 0 unspecified atom stereocenters. The third-order valence-electron chi connectivity index (χ3n) is 4.53. The minimum Gasteiger partial charge on any atom is -0.333 e. The summed E-state index contributed by atoms with van der Waals surface area (Å²) in [5, 5.41) is 2.90. The molecule has 0 spiro atoms. The summed E-state index contributed by atoms with van der Waals surface area (Å²) in [4.78, 5) is 26.7. The largest absolute Gasteiger partial charge is 0.333 e. The van der Waals surface area contributed by atoms with E-state index in [9.17, 15) is 9.59 Å². The second-order valence-electron chi connectivity index (χ2n) is 6.77. The topological polar surface area (TPSA) is 49.4 Å². The SMILES string of the molecule is CCCN(CC(=O)Nc1ccccc1C)C(=O)Cc1ccc(C)c(C)c1. The van der Waals surface area contributed by atoms with Crippen LogP contribution < -0.4 is 5.32 Å². The van der Waals surface area contributed by atoms with Gasteiger partial charge in [0.1, 0.15) is 0 Å². The smallest absolute Gasteiger partial charge is 0.244 e. The molecule has 2 aromatic rings. The molecule has 1 N–H and O–H groups in total. The molecular formula is C22H28N2O2. The number of hydrogen-bond acceptors (Lipinski definition) is 2. The van der Waals surface area contributed by atoms with E-state index in [1.54, 1.807) is 4.90 Å². The molecule has 0 aromatic heterocycles. The fraction of sp³-hybridized carbons (Fsp3) is 0.364. The molecule has 138 valence electrons. The standard InChI is InChI=1S/C22H28N2O2/c1-5-12-24(15-21(25)23-20-9-7-6-8-17(20)3)22(26)14-19-11-10-16(2)18(4)13-19/h6-11,13H,5,12,14-15H2,1-4H3,(H,23,25). The van der Waals surface area contributed by atoms with Crippen LogP contribution in [0.1, 0.15) is 35.6 Å². The van der Waals surface area contributed by atoms with Crippen molar-refractivity contribution in [2.75, 3.05) is 18.4 Å². The summed E-state index contributed by atoms with van der Waals surface area (Å²) in [5.74, 6) is -0.184. The predicted octanol–water partition coefficient (Wildman–Crippen LogP) is 4.03. The van der Waals surface area contributed by atoms with Crippen molar-refractivity contribution in [3.05, 3.63) is 64.7 Å². The third kappa shape index (κ3) is 5.45. The van der Waals surface area contributed by atoms with E-state index in [4.69, 9.17) is 0 Å². The zero-order chi connectivity index (χ0) is 19.1. The Kier molecular flexibility index (Phi) is 6.96. The number of nitrogens with zero attached hydrogens (tertiary/aromatic N) is 1. The minimum atomic E-state index is -0.166. The summed E-state index contributed by atoms with van der Waals surface area (Å²) < 4.78 is 0. The van der Waals surface area contributed by atoms with Gasteiger partial charge in [-0.15, -0.1) is 0 Å². The number of rotatable bonds is 7. The first-order chi connectivity index (χ1) is 12.4. The Balaban J connectivity index is 2.02. The van der Waals surface area contributed by atoms with Crippen LogP contribution in [-0.4, -0.2) is 29.8 Å². The molecule has 4 heteroatoms. The van der Waals surface area contributed by atoms with Crippen LogP contribution in [0.15, 0.2) is 42.5 Å². The van der Waals surface area contributed by atoms with Gasteiger partial charge in [0.2, 0.25) is 11.8 Å². The van der Waals surface area contributed by atoms with Crippen molar-refractivity contribution in [1.82, 2.24) is 4.90 Å². The highest BCUT2D eigenvalue weighted by Crippen LogP contribution is 2.14. The molecule has 0 aliphatic heterocycles. The van der Waals surface area contributed by atoms with Crippen molar-refractivity contribution in [3.8, 4) is 0 Å². The normalized spacial score (nSPS) is 10.5. The molecule has 0 atom stereocenters. The summed E-state index contributed by atoms with van der Waals surface area (Å²) in [5.41, 5.74) is 5.16. The van der Waals surface area contributed by atoms with Gasteiger partial charge in [-0.3, -0.25) is 9.59 Å². The Hall–Kier alpha value is -2.62. The summed E-state index contributed by atoms with van der Waals surface area (Å²) in [6.45, 7) is 8.71. The van der Waals surface area contributed by atoms with E-state index in [0.717, 1.165) is 23.2 Å². The van der Waals surface area contributed by atoms with Gasteiger partial charge in [0.25, 0.3) is 0 Å². The molecule has 0 saturated carbocycles. The van der Waals surface area contributed by atoms with Crippen LogP contribution in [-0.2, 0) is 16.0 Å². The highest BCUT2D eigenvalue weighted by atomic mass is 16.2. The van der Waals surface area contributed by atoms with Crippen molar-refractivity contribution in [3.63, 3.8) is 0 Å². The van der Waals surface area contributed by atoms with Gasteiger partial charge in [-0.25, -0.2) is 0 Å². The van der Waals surface area contributed by atoms with Crippen LogP contribution in [0.4, 0.5) is 5.69 Å². The number of aryl methyl sites for hydroxylation is 3. The number of para-hydroxylation sites is 1. The Labute approximate surface area is 156 Å². The highest BCUT2D eigenvalue weighted by molar-refractivity contribution is 5.95.